The Balaban J connectivity index is 1.49. The van der Waals surface area contributed by atoms with E-state index < -0.39 is 10.9 Å². The van der Waals surface area contributed by atoms with Gasteiger partial charge in [0.25, 0.3) is 0 Å². The Hall–Kier alpha value is -2.20. The third-order valence-corrected chi connectivity index (χ3v) is 7.46. The van der Waals surface area contributed by atoms with Gasteiger partial charge in [0.15, 0.2) is 10.3 Å². The number of halogens is 4. The van der Waals surface area contributed by atoms with Gasteiger partial charge in [-0.05, 0) is 60.7 Å². The average Bonchev–Trinajstić information content (AvgIpc) is 3.24. The molecule has 180 valence electrons. The summed E-state index contributed by atoms with van der Waals surface area (Å²) in [5.74, 6) is -0.585. The summed E-state index contributed by atoms with van der Waals surface area (Å²) in [6, 6.07) is 9.30. The van der Waals surface area contributed by atoms with Crippen molar-refractivity contribution in [2.75, 3.05) is 17.9 Å². The topological polar surface area (TPSA) is 46.2 Å². The van der Waals surface area contributed by atoms with Crippen molar-refractivity contribution in [3.8, 4) is 5.75 Å². The molecule has 0 bridgehead atoms. The lowest BCUT2D eigenvalue weighted by atomic mass is 9.80. The molecule has 1 heterocycles. The summed E-state index contributed by atoms with van der Waals surface area (Å²) in [6.07, 6.45) is 5.09. The molecule has 1 aliphatic carbocycles. The molecule has 2 aromatic carbocycles. The molecule has 2 N–H and O–H groups in total. The van der Waals surface area contributed by atoms with Crippen LogP contribution >= 0.6 is 34.9 Å². The van der Waals surface area contributed by atoms with Crippen LogP contribution in [0.25, 0.3) is 5.57 Å². The van der Waals surface area contributed by atoms with Gasteiger partial charge >= 0.3 is 0 Å². The minimum atomic E-state index is -0.518. The van der Waals surface area contributed by atoms with Gasteiger partial charge < -0.3 is 14.8 Å². The minimum Gasteiger partial charge on any atom is -0.491 e. The second kappa shape index (κ2) is 11.5. The molecular weight excluding hydrogens is 503 g/mol. The SMILES string of the molecule is CCNC1CCC=C(c2ccc(F)cc2)C1COc1cc(F)c(SNc2ncc(F)s2)cc1Cl. The molecule has 0 amide bonds. The van der Waals surface area contributed by atoms with E-state index in [2.05, 4.69) is 21.1 Å². The Kier molecular flexibility index (Phi) is 8.41. The summed E-state index contributed by atoms with van der Waals surface area (Å²) in [5, 5.41) is 3.66. The molecule has 10 heteroatoms. The van der Waals surface area contributed by atoms with Crippen LogP contribution in [0, 0.1) is 22.7 Å². The third-order valence-electron chi connectivity index (χ3n) is 5.50. The van der Waals surface area contributed by atoms with Crippen LogP contribution in [0.4, 0.5) is 18.3 Å². The first-order chi connectivity index (χ1) is 16.4. The lowest BCUT2D eigenvalue weighted by Gasteiger charge is -2.33. The van der Waals surface area contributed by atoms with Gasteiger partial charge in [0.1, 0.15) is 17.4 Å². The fourth-order valence-electron chi connectivity index (χ4n) is 3.95. The molecule has 0 fully saturated rings. The van der Waals surface area contributed by atoms with E-state index in [4.69, 9.17) is 16.3 Å². The largest absolute Gasteiger partial charge is 0.491 e. The van der Waals surface area contributed by atoms with Crippen molar-refractivity contribution in [3.63, 3.8) is 0 Å². The number of allylic oxidation sites excluding steroid dienone is 1. The Bertz CT molecular complexity index is 1160. The first-order valence-electron chi connectivity index (χ1n) is 10.8. The zero-order valence-corrected chi connectivity index (χ0v) is 20.7. The summed E-state index contributed by atoms with van der Waals surface area (Å²) >= 11 is 8.18. The molecular formula is C24H23ClF3N3OS2. The fourth-order valence-corrected chi connectivity index (χ4v) is 5.51. The quantitative estimate of drug-likeness (QED) is 0.290. The molecule has 4 rings (SSSR count). The van der Waals surface area contributed by atoms with E-state index in [0.29, 0.717) is 5.13 Å². The van der Waals surface area contributed by atoms with Crippen LogP contribution in [-0.4, -0.2) is 24.2 Å². The van der Waals surface area contributed by atoms with Gasteiger partial charge in [0, 0.05) is 18.0 Å². The zero-order chi connectivity index (χ0) is 24.1. The monoisotopic (exact) mass is 525 g/mol. The second-order valence-electron chi connectivity index (χ2n) is 7.71. The van der Waals surface area contributed by atoms with Crippen LogP contribution in [0.3, 0.4) is 0 Å². The van der Waals surface area contributed by atoms with Crippen molar-refractivity contribution >= 4 is 45.6 Å². The van der Waals surface area contributed by atoms with Gasteiger partial charge in [-0.3, -0.25) is 0 Å². The summed E-state index contributed by atoms with van der Waals surface area (Å²) < 4.78 is 50.1. The lowest BCUT2D eigenvalue weighted by Crippen LogP contribution is -2.41. The Morgan fingerprint density at radius 2 is 2.00 bits per heavy atom. The van der Waals surface area contributed by atoms with Crippen LogP contribution in [-0.2, 0) is 0 Å². The number of aromatic nitrogens is 1. The Labute approximate surface area is 209 Å². The molecule has 1 aliphatic rings. The molecule has 3 aromatic rings. The number of nitrogens with zero attached hydrogens (tertiary/aromatic N) is 1. The highest BCUT2D eigenvalue weighted by molar-refractivity contribution is 8.00. The standard InChI is InChI=1S/C24H23ClF3N3OS2/c1-2-29-20-5-3-4-16(14-6-8-15(26)9-7-14)17(20)13-32-21-11-19(27)22(10-18(21)25)34-31-24-30-12-23(28)33-24/h4,6-12,17,20,29H,2-3,5,13H2,1H3,(H,30,31). The molecule has 2 atom stereocenters. The maximum atomic E-state index is 14.7. The molecule has 0 saturated heterocycles. The molecule has 4 nitrogen and oxygen atoms in total. The lowest BCUT2D eigenvalue weighted by molar-refractivity contribution is 0.236. The number of hydrogen-bond acceptors (Lipinski definition) is 6. The van der Waals surface area contributed by atoms with Crippen LogP contribution in [0.15, 0.2) is 53.6 Å². The number of anilines is 1. The van der Waals surface area contributed by atoms with Crippen molar-refractivity contribution in [3.05, 3.63) is 76.0 Å². The summed E-state index contributed by atoms with van der Waals surface area (Å²) in [6.45, 7) is 3.13. The van der Waals surface area contributed by atoms with Gasteiger partial charge in [0.2, 0.25) is 0 Å². The van der Waals surface area contributed by atoms with E-state index in [1.54, 1.807) is 12.1 Å². The average molecular weight is 526 g/mol. The number of ether oxygens (including phenoxy) is 1. The van der Waals surface area contributed by atoms with Gasteiger partial charge in [0.05, 0.1) is 22.7 Å². The maximum Gasteiger partial charge on any atom is 0.198 e. The minimum absolute atomic E-state index is 0.0196. The van der Waals surface area contributed by atoms with Gasteiger partial charge in [-0.25, -0.2) is 13.8 Å². The van der Waals surface area contributed by atoms with E-state index in [9.17, 15) is 13.2 Å². The fraction of sp³-hybridized carbons (Fsp3) is 0.292. The number of benzene rings is 2. The van der Waals surface area contributed by atoms with Crippen molar-refractivity contribution in [2.45, 2.75) is 30.7 Å². The van der Waals surface area contributed by atoms with E-state index >= 15 is 0 Å². The number of thiazole rings is 1. The number of rotatable bonds is 9. The van der Waals surface area contributed by atoms with Crippen LogP contribution in [0.5, 0.6) is 5.75 Å². The molecule has 0 radical (unpaired) electrons. The van der Waals surface area contributed by atoms with Crippen molar-refractivity contribution in [2.24, 2.45) is 5.92 Å². The number of nitrogens with one attached hydrogen (secondary N) is 2. The number of hydrogen-bond donors (Lipinski definition) is 2. The Morgan fingerprint density at radius 3 is 2.71 bits per heavy atom. The third kappa shape index (κ3) is 6.07. The predicted octanol–water partition coefficient (Wildman–Crippen LogP) is 7.18. The van der Waals surface area contributed by atoms with E-state index in [0.717, 1.165) is 60.0 Å². The van der Waals surface area contributed by atoms with E-state index in [1.807, 2.05) is 6.92 Å². The highest BCUT2D eigenvalue weighted by atomic mass is 35.5. The van der Waals surface area contributed by atoms with Crippen molar-refractivity contribution in [1.29, 1.82) is 0 Å². The molecule has 2 unspecified atom stereocenters. The first-order valence-corrected chi connectivity index (χ1v) is 12.8. The van der Waals surface area contributed by atoms with Crippen LogP contribution < -0.4 is 14.8 Å². The molecule has 1 aromatic heterocycles. The van der Waals surface area contributed by atoms with Gasteiger partial charge in [-0.15, -0.1) is 0 Å². The molecule has 0 spiro atoms. The Morgan fingerprint density at radius 1 is 1.21 bits per heavy atom. The van der Waals surface area contributed by atoms with Gasteiger partial charge in [-0.2, -0.15) is 4.39 Å². The van der Waals surface area contributed by atoms with E-state index in [1.165, 1.54) is 24.3 Å². The van der Waals surface area contributed by atoms with Crippen molar-refractivity contribution in [1.82, 2.24) is 10.3 Å². The maximum absolute atomic E-state index is 14.7. The summed E-state index contributed by atoms with van der Waals surface area (Å²) in [7, 11) is 0. The molecule has 0 saturated carbocycles. The highest BCUT2D eigenvalue weighted by Crippen LogP contribution is 2.37. The smallest absolute Gasteiger partial charge is 0.198 e. The second-order valence-corrected chi connectivity index (χ2v) is 9.95. The van der Waals surface area contributed by atoms with E-state index in [-0.39, 0.29) is 40.1 Å². The van der Waals surface area contributed by atoms with Gasteiger partial charge in [-0.1, -0.05) is 48.1 Å². The summed E-state index contributed by atoms with van der Waals surface area (Å²) in [5.41, 5.74) is 2.01. The summed E-state index contributed by atoms with van der Waals surface area (Å²) in [4.78, 5) is 4.08. The van der Waals surface area contributed by atoms with Crippen molar-refractivity contribution < 1.29 is 17.9 Å². The first kappa shape index (κ1) is 24.9. The molecule has 34 heavy (non-hydrogen) atoms. The molecule has 0 aliphatic heterocycles. The van der Waals surface area contributed by atoms with Crippen LogP contribution in [0.2, 0.25) is 5.02 Å². The highest BCUT2D eigenvalue weighted by Gasteiger charge is 2.29. The predicted molar refractivity (Wildman–Crippen MR) is 133 cm³/mol. The zero-order valence-electron chi connectivity index (χ0n) is 18.3. The van der Waals surface area contributed by atoms with Crippen LogP contribution in [0.1, 0.15) is 25.3 Å². The normalized spacial score (nSPS) is 18.0.